The van der Waals surface area contributed by atoms with Gasteiger partial charge in [0.2, 0.25) is 0 Å². The van der Waals surface area contributed by atoms with Crippen molar-refractivity contribution in [3.05, 3.63) is 60.4 Å². The Morgan fingerprint density at radius 3 is 2.25 bits per heavy atom. The maximum Gasteiger partial charge on any atom is 0.162 e. The predicted octanol–water partition coefficient (Wildman–Crippen LogP) is 3.05. The lowest BCUT2D eigenvalue weighted by Gasteiger charge is -2.04. The largest absolute Gasteiger partial charge is 0.237 e. The van der Waals surface area contributed by atoms with Crippen molar-refractivity contribution in [3.63, 3.8) is 0 Å². The Balaban J connectivity index is 2.02. The Labute approximate surface area is 115 Å². The lowest BCUT2D eigenvalue weighted by Crippen LogP contribution is -1.94. The Morgan fingerprint density at radius 1 is 0.900 bits per heavy atom. The molecule has 0 aliphatic carbocycles. The molecule has 0 saturated heterocycles. The summed E-state index contributed by atoms with van der Waals surface area (Å²) in [5.74, 6) is 0.468. The number of hydrogen-bond donors (Lipinski definition) is 0. The summed E-state index contributed by atoms with van der Waals surface area (Å²) in [5.41, 5.74) is 1.92. The van der Waals surface area contributed by atoms with Gasteiger partial charge in [-0.1, -0.05) is 6.07 Å². The molecular weight excluding hydrogens is 255 g/mol. The zero-order valence-corrected chi connectivity index (χ0v) is 10.8. The SMILES string of the molecule is Cc1cnc(-c2ccc(-c3ncccn3)cc2F)nc1. The molecule has 0 aliphatic heterocycles. The number of aromatic nitrogens is 4. The van der Waals surface area contributed by atoms with Crippen LogP contribution in [0.2, 0.25) is 0 Å². The molecule has 0 unspecified atom stereocenters. The number of nitrogens with zero attached hydrogens (tertiary/aromatic N) is 4. The van der Waals surface area contributed by atoms with Crippen LogP contribution in [0.1, 0.15) is 5.56 Å². The second-order valence-electron chi connectivity index (χ2n) is 4.35. The van der Waals surface area contributed by atoms with Crippen LogP contribution in [0.5, 0.6) is 0 Å². The summed E-state index contributed by atoms with van der Waals surface area (Å²) in [5, 5.41) is 0. The first kappa shape index (κ1) is 12.3. The van der Waals surface area contributed by atoms with Gasteiger partial charge in [-0.25, -0.2) is 24.3 Å². The lowest BCUT2D eigenvalue weighted by molar-refractivity contribution is 0.630. The highest BCUT2D eigenvalue weighted by molar-refractivity contribution is 5.63. The minimum atomic E-state index is -0.390. The zero-order chi connectivity index (χ0) is 13.9. The smallest absolute Gasteiger partial charge is 0.162 e. The first-order valence-corrected chi connectivity index (χ1v) is 6.10. The highest BCUT2D eigenvalue weighted by Crippen LogP contribution is 2.23. The summed E-state index contributed by atoms with van der Waals surface area (Å²) in [6.07, 6.45) is 6.57. The van der Waals surface area contributed by atoms with Crippen molar-refractivity contribution in [1.29, 1.82) is 0 Å². The summed E-state index contributed by atoms with van der Waals surface area (Å²) in [4.78, 5) is 16.4. The maximum atomic E-state index is 14.2. The van der Waals surface area contributed by atoms with Gasteiger partial charge in [0.15, 0.2) is 11.6 Å². The Bertz CT molecular complexity index is 727. The fourth-order valence-electron chi connectivity index (χ4n) is 1.82. The van der Waals surface area contributed by atoms with Crippen molar-refractivity contribution in [1.82, 2.24) is 19.9 Å². The molecule has 3 aromatic rings. The minimum Gasteiger partial charge on any atom is -0.237 e. The maximum absolute atomic E-state index is 14.2. The van der Waals surface area contributed by atoms with E-state index in [4.69, 9.17) is 0 Å². The molecule has 0 N–H and O–H groups in total. The van der Waals surface area contributed by atoms with E-state index in [1.165, 1.54) is 6.07 Å². The third-order valence-corrected chi connectivity index (χ3v) is 2.81. The predicted molar refractivity (Wildman–Crippen MR) is 73.2 cm³/mol. The second kappa shape index (κ2) is 5.13. The van der Waals surface area contributed by atoms with Crippen LogP contribution in [0.3, 0.4) is 0 Å². The molecule has 0 atom stereocenters. The van der Waals surface area contributed by atoms with Crippen LogP contribution in [0.15, 0.2) is 49.1 Å². The lowest BCUT2D eigenvalue weighted by atomic mass is 10.1. The molecule has 4 nitrogen and oxygen atoms in total. The van der Waals surface area contributed by atoms with Gasteiger partial charge in [0.05, 0.1) is 5.56 Å². The summed E-state index contributed by atoms with van der Waals surface area (Å²) in [6, 6.07) is 6.52. The highest BCUT2D eigenvalue weighted by atomic mass is 19.1. The molecule has 0 bridgehead atoms. The average Bonchev–Trinajstić information content (AvgIpc) is 2.49. The monoisotopic (exact) mass is 266 g/mol. The van der Waals surface area contributed by atoms with Gasteiger partial charge >= 0.3 is 0 Å². The van der Waals surface area contributed by atoms with E-state index in [1.54, 1.807) is 43.0 Å². The van der Waals surface area contributed by atoms with Gasteiger partial charge in [0.1, 0.15) is 5.82 Å². The summed E-state index contributed by atoms with van der Waals surface area (Å²) in [6.45, 7) is 1.88. The molecule has 2 heterocycles. The fraction of sp³-hybridized carbons (Fsp3) is 0.0667. The third kappa shape index (κ3) is 2.38. The topological polar surface area (TPSA) is 51.6 Å². The van der Waals surface area contributed by atoms with Crippen molar-refractivity contribution in [2.45, 2.75) is 6.92 Å². The molecule has 0 radical (unpaired) electrons. The number of aryl methyl sites for hydroxylation is 1. The van der Waals surface area contributed by atoms with Crippen LogP contribution < -0.4 is 0 Å². The summed E-state index contributed by atoms with van der Waals surface area (Å²) >= 11 is 0. The van der Waals surface area contributed by atoms with Gasteiger partial charge in [-0.05, 0) is 30.7 Å². The second-order valence-corrected chi connectivity index (χ2v) is 4.35. The third-order valence-electron chi connectivity index (χ3n) is 2.81. The molecule has 2 aromatic heterocycles. The van der Waals surface area contributed by atoms with Gasteiger partial charge in [0, 0.05) is 30.4 Å². The fourth-order valence-corrected chi connectivity index (χ4v) is 1.82. The molecule has 0 fully saturated rings. The van der Waals surface area contributed by atoms with E-state index in [2.05, 4.69) is 19.9 Å². The molecule has 1 aromatic carbocycles. The zero-order valence-electron chi connectivity index (χ0n) is 10.8. The summed E-state index contributed by atoms with van der Waals surface area (Å²) in [7, 11) is 0. The van der Waals surface area contributed by atoms with Crippen LogP contribution in [0.4, 0.5) is 4.39 Å². The van der Waals surface area contributed by atoms with Gasteiger partial charge < -0.3 is 0 Å². The van der Waals surface area contributed by atoms with Crippen molar-refractivity contribution >= 4 is 0 Å². The van der Waals surface area contributed by atoms with E-state index in [0.717, 1.165) is 5.56 Å². The molecular formula is C15H11FN4. The Morgan fingerprint density at radius 2 is 1.60 bits per heavy atom. The van der Waals surface area contributed by atoms with Crippen LogP contribution in [-0.2, 0) is 0 Å². The molecule has 0 spiro atoms. The average molecular weight is 266 g/mol. The number of benzene rings is 1. The van der Waals surface area contributed by atoms with Crippen LogP contribution >= 0.6 is 0 Å². The normalized spacial score (nSPS) is 10.5. The first-order chi connectivity index (χ1) is 9.74. The van der Waals surface area contributed by atoms with Crippen LogP contribution in [-0.4, -0.2) is 19.9 Å². The molecule has 0 amide bonds. The molecule has 20 heavy (non-hydrogen) atoms. The van der Waals surface area contributed by atoms with Gasteiger partial charge in [-0.3, -0.25) is 0 Å². The van der Waals surface area contributed by atoms with Gasteiger partial charge in [0.25, 0.3) is 0 Å². The van der Waals surface area contributed by atoms with Gasteiger partial charge in [-0.2, -0.15) is 0 Å². The van der Waals surface area contributed by atoms with E-state index in [-0.39, 0.29) is 5.82 Å². The Hall–Kier alpha value is -2.69. The number of hydrogen-bond acceptors (Lipinski definition) is 4. The highest BCUT2D eigenvalue weighted by Gasteiger charge is 2.10. The molecule has 3 rings (SSSR count). The van der Waals surface area contributed by atoms with E-state index < -0.39 is 0 Å². The molecule has 0 saturated carbocycles. The van der Waals surface area contributed by atoms with Crippen molar-refractivity contribution in [2.75, 3.05) is 0 Å². The molecule has 0 aliphatic rings. The van der Waals surface area contributed by atoms with Crippen molar-refractivity contribution in [3.8, 4) is 22.8 Å². The van der Waals surface area contributed by atoms with Crippen LogP contribution in [0.25, 0.3) is 22.8 Å². The number of halogens is 1. The van der Waals surface area contributed by atoms with Crippen molar-refractivity contribution in [2.24, 2.45) is 0 Å². The van der Waals surface area contributed by atoms with E-state index in [0.29, 0.717) is 22.8 Å². The number of rotatable bonds is 2. The summed E-state index contributed by atoms with van der Waals surface area (Å²) < 4.78 is 14.2. The van der Waals surface area contributed by atoms with Crippen LogP contribution in [0, 0.1) is 12.7 Å². The van der Waals surface area contributed by atoms with E-state index in [9.17, 15) is 4.39 Å². The quantitative estimate of drug-likeness (QED) is 0.715. The Kier molecular flexibility index (Phi) is 3.16. The first-order valence-electron chi connectivity index (χ1n) is 6.10. The van der Waals surface area contributed by atoms with E-state index >= 15 is 0 Å². The van der Waals surface area contributed by atoms with Crippen molar-refractivity contribution < 1.29 is 4.39 Å². The molecule has 5 heteroatoms. The minimum absolute atomic E-state index is 0.365. The van der Waals surface area contributed by atoms with E-state index in [1.807, 2.05) is 6.92 Å². The molecule has 98 valence electrons. The van der Waals surface area contributed by atoms with Gasteiger partial charge in [-0.15, -0.1) is 0 Å². The standard InChI is InChI=1S/C15H11FN4/c1-10-8-19-15(20-9-10)12-4-3-11(7-13(12)16)14-17-5-2-6-18-14/h2-9H,1H3.